The van der Waals surface area contributed by atoms with Crippen LogP contribution in [0, 0.1) is 12.8 Å². The molecule has 0 aliphatic carbocycles. The number of likely N-dealkylation sites (tertiary alicyclic amines) is 1. The van der Waals surface area contributed by atoms with E-state index in [-0.39, 0.29) is 11.9 Å². The number of rotatable bonds is 5. The first-order valence-electron chi connectivity index (χ1n) is 8.58. The summed E-state index contributed by atoms with van der Waals surface area (Å²) in [6.45, 7) is 5.72. The van der Waals surface area contributed by atoms with Crippen LogP contribution in [-0.2, 0) is 10.5 Å². The van der Waals surface area contributed by atoms with Gasteiger partial charge in [0, 0.05) is 37.3 Å². The molecule has 1 amide bonds. The Morgan fingerprint density at radius 2 is 2.25 bits per heavy atom. The smallest absolute Gasteiger partial charge is 0.232 e. The lowest BCUT2D eigenvalue weighted by Gasteiger charge is -2.38. The monoisotopic (exact) mass is 346 g/mol. The summed E-state index contributed by atoms with van der Waals surface area (Å²) in [5.41, 5.74) is 9.03. The molecule has 0 radical (unpaired) electrons. The lowest BCUT2D eigenvalue weighted by Crippen LogP contribution is -2.49. The highest BCUT2D eigenvalue weighted by atomic mass is 32.2. The Morgan fingerprint density at radius 1 is 1.42 bits per heavy atom. The molecule has 6 heteroatoms. The zero-order chi connectivity index (χ0) is 17.1. The third-order valence-electron chi connectivity index (χ3n) is 4.69. The normalized spacial score (nSPS) is 21.4. The van der Waals surface area contributed by atoms with Gasteiger partial charge in [0.05, 0.1) is 11.4 Å². The molecule has 1 aliphatic heterocycles. The van der Waals surface area contributed by atoms with Gasteiger partial charge in [-0.05, 0) is 37.3 Å². The summed E-state index contributed by atoms with van der Waals surface area (Å²) in [6.07, 6.45) is 6.23. The van der Waals surface area contributed by atoms with Crippen LogP contribution >= 0.6 is 11.8 Å². The number of aromatic nitrogens is 2. The van der Waals surface area contributed by atoms with E-state index < -0.39 is 0 Å². The third-order valence-corrected chi connectivity index (χ3v) is 5.65. The van der Waals surface area contributed by atoms with Gasteiger partial charge in [-0.1, -0.05) is 13.0 Å². The number of piperidine rings is 1. The molecule has 130 valence electrons. The zero-order valence-electron chi connectivity index (χ0n) is 14.4. The number of hydrogen-bond acceptors (Lipinski definition) is 4. The van der Waals surface area contributed by atoms with Gasteiger partial charge in [0.1, 0.15) is 5.65 Å². The molecule has 5 nitrogen and oxygen atoms in total. The van der Waals surface area contributed by atoms with Gasteiger partial charge in [-0.2, -0.15) is 0 Å². The fourth-order valence-electron chi connectivity index (χ4n) is 3.35. The first-order chi connectivity index (χ1) is 11.6. The van der Waals surface area contributed by atoms with Crippen LogP contribution in [-0.4, -0.2) is 45.1 Å². The van der Waals surface area contributed by atoms with Crippen molar-refractivity contribution in [1.82, 2.24) is 14.3 Å². The largest absolute Gasteiger partial charge is 0.338 e. The van der Waals surface area contributed by atoms with Gasteiger partial charge in [-0.25, -0.2) is 4.98 Å². The van der Waals surface area contributed by atoms with Crippen LogP contribution in [0.2, 0.25) is 0 Å². The van der Waals surface area contributed by atoms with Crippen LogP contribution in [0.5, 0.6) is 0 Å². The minimum Gasteiger partial charge on any atom is -0.338 e. The van der Waals surface area contributed by atoms with Crippen LogP contribution in [0.4, 0.5) is 0 Å². The van der Waals surface area contributed by atoms with Crippen molar-refractivity contribution in [2.75, 3.05) is 18.8 Å². The summed E-state index contributed by atoms with van der Waals surface area (Å²) in [4.78, 5) is 19.1. The number of carbonyl (C=O) groups is 1. The second-order valence-corrected chi connectivity index (χ2v) is 7.79. The van der Waals surface area contributed by atoms with Gasteiger partial charge in [-0.15, -0.1) is 11.8 Å². The summed E-state index contributed by atoms with van der Waals surface area (Å²) in [5, 5.41) is 0. The quantitative estimate of drug-likeness (QED) is 0.903. The molecule has 2 atom stereocenters. The van der Waals surface area contributed by atoms with E-state index in [2.05, 4.69) is 31.1 Å². The second-order valence-electron chi connectivity index (χ2n) is 6.80. The van der Waals surface area contributed by atoms with Crippen molar-refractivity contribution in [2.45, 2.75) is 38.5 Å². The number of nitrogens with two attached hydrogens (primary N) is 1. The number of pyridine rings is 1. The van der Waals surface area contributed by atoms with Crippen LogP contribution in [0.15, 0.2) is 24.5 Å². The number of hydrogen-bond donors (Lipinski definition) is 1. The number of nitrogens with zero attached hydrogens (tertiary/aromatic N) is 3. The van der Waals surface area contributed by atoms with E-state index in [0.29, 0.717) is 18.2 Å². The summed E-state index contributed by atoms with van der Waals surface area (Å²) in [6, 6.07) is 4.29. The average molecular weight is 347 g/mol. The molecule has 2 aromatic heterocycles. The molecular weight excluding hydrogens is 320 g/mol. The molecular formula is C18H26N4OS. The number of thioether (sulfide) groups is 1. The molecule has 2 unspecified atom stereocenters. The Bertz CT molecular complexity index is 714. The topological polar surface area (TPSA) is 63.6 Å². The number of carbonyl (C=O) groups excluding carboxylic acids is 1. The summed E-state index contributed by atoms with van der Waals surface area (Å²) in [7, 11) is 0. The molecule has 2 N–H and O–H groups in total. The highest BCUT2D eigenvalue weighted by Crippen LogP contribution is 2.23. The number of fused-ring (bicyclic) bond motifs is 1. The van der Waals surface area contributed by atoms with Crippen molar-refractivity contribution >= 4 is 23.3 Å². The number of imidazole rings is 1. The Morgan fingerprint density at radius 3 is 3.04 bits per heavy atom. The molecule has 2 aromatic rings. The molecule has 24 heavy (non-hydrogen) atoms. The van der Waals surface area contributed by atoms with Crippen LogP contribution in [0.25, 0.3) is 5.65 Å². The van der Waals surface area contributed by atoms with Gasteiger partial charge in [0.15, 0.2) is 0 Å². The Hall–Kier alpha value is -1.53. The molecule has 0 aromatic carbocycles. The van der Waals surface area contributed by atoms with Gasteiger partial charge < -0.3 is 15.0 Å². The maximum absolute atomic E-state index is 12.5. The van der Waals surface area contributed by atoms with E-state index in [1.807, 2.05) is 21.6 Å². The minimum atomic E-state index is 0.208. The molecule has 1 saturated heterocycles. The SMILES string of the molecule is Cc1ccc2nc(CSCC(=O)N3CCC(C)CC3CN)cn2c1. The number of amides is 1. The molecule has 1 fully saturated rings. The summed E-state index contributed by atoms with van der Waals surface area (Å²) in [5.74, 6) is 2.13. The number of aryl methyl sites for hydroxylation is 1. The molecule has 1 aliphatic rings. The van der Waals surface area contributed by atoms with E-state index >= 15 is 0 Å². The first-order valence-corrected chi connectivity index (χ1v) is 9.74. The Labute approximate surface area is 147 Å². The van der Waals surface area contributed by atoms with E-state index in [1.165, 1.54) is 5.56 Å². The Kier molecular flexibility index (Phi) is 5.46. The van der Waals surface area contributed by atoms with Crippen molar-refractivity contribution in [3.05, 3.63) is 35.8 Å². The molecule has 3 heterocycles. The fraction of sp³-hybridized carbons (Fsp3) is 0.556. The van der Waals surface area contributed by atoms with Crippen LogP contribution in [0.1, 0.15) is 31.0 Å². The van der Waals surface area contributed by atoms with Crippen LogP contribution in [0.3, 0.4) is 0 Å². The predicted octanol–water partition coefficient (Wildman–Crippen LogP) is 2.46. The van der Waals surface area contributed by atoms with Crippen molar-refractivity contribution in [1.29, 1.82) is 0 Å². The predicted molar refractivity (Wildman–Crippen MR) is 99.0 cm³/mol. The van der Waals surface area contributed by atoms with E-state index in [9.17, 15) is 4.79 Å². The van der Waals surface area contributed by atoms with Gasteiger partial charge in [0.2, 0.25) is 5.91 Å². The highest BCUT2D eigenvalue weighted by molar-refractivity contribution is 7.99. The lowest BCUT2D eigenvalue weighted by atomic mass is 9.92. The second kappa shape index (κ2) is 7.57. The van der Waals surface area contributed by atoms with Gasteiger partial charge >= 0.3 is 0 Å². The summed E-state index contributed by atoms with van der Waals surface area (Å²) < 4.78 is 2.05. The van der Waals surface area contributed by atoms with Gasteiger partial charge in [0.25, 0.3) is 0 Å². The maximum atomic E-state index is 12.5. The standard InChI is InChI=1S/C18H26N4OS/c1-13-5-6-22(16(7-13)8-19)18(23)12-24-11-15-10-21-9-14(2)3-4-17(21)20-15/h3-4,9-10,13,16H,5-8,11-12,19H2,1-2H3. The van der Waals surface area contributed by atoms with Crippen molar-refractivity contribution in [3.63, 3.8) is 0 Å². The third kappa shape index (κ3) is 3.92. The summed E-state index contributed by atoms with van der Waals surface area (Å²) >= 11 is 1.63. The van der Waals surface area contributed by atoms with Crippen molar-refractivity contribution in [3.8, 4) is 0 Å². The average Bonchev–Trinajstić information content (AvgIpc) is 2.96. The van der Waals surface area contributed by atoms with Crippen LogP contribution < -0.4 is 5.73 Å². The maximum Gasteiger partial charge on any atom is 0.232 e. The van der Waals surface area contributed by atoms with E-state index in [1.54, 1.807) is 11.8 Å². The van der Waals surface area contributed by atoms with Crippen molar-refractivity contribution in [2.24, 2.45) is 11.7 Å². The highest BCUT2D eigenvalue weighted by Gasteiger charge is 2.28. The lowest BCUT2D eigenvalue weighted by molar-refractivity contribution is -0.132. The molecule has 0 spiro atoms. The molecule has 0 saturated carbocycles. The minimum absolute atomic E-state index is 0.208. The zero-order valence-corrected chi connectivity index (χ0v) is 15.3. The van der Waals surface area contributed by atoms with E-state index in [0.717, 1.165) is 36.5 Å². The van der Waals surface area contributed by atoms with E-state index in [4.69, 9.17) is 5.73 Å². The fourth-order valence-corrected chi connectivity index (χ4v) is 4.15. The van der Waals surface area contributed by atoms with Gasteiger partial charge in [-0.3, -0.25) is 4.79 Å². The van der Waals surface area contributed by atoms with Crippen molar-refractivity contribution < 1.29 is 4.79 Å². The first kappa shape index (κ1) is 17.3. The Balaban J connectivity index is 1.54. The molecule has 3 rings (SSSR count). The molecule has 0 bridgehead atoms.